The molecule has 1 aliphatic rings. The van der Waals surface area contributed by atoms with Gasteiger partial charge < -0.3 is 4.90 Å². The van der Waals surface area contributed by atoms with Gasteiger partial charge >= 0.3 is 0 Å². The topological polar surface area (TPSA) is 61.9 Å². The van der Waals surface area contributed by atoms with Crippen molar-refractivity contribution < 1.29 is 4.79 Å². The number of H-pyrrole nitrogens is 1. The highest BCUT2D eigenvalue weighted by Crippen LogP contribution is 2.22. The Labute approximate surface area is 102 Å². The van der Waals surface area contributed by atoms with E-state index in [1.54, 1.807) is 0 Å². The number of hydrogen-bond acceptors (Lipinski definition) is 3. The highest BCUT2D eigenvalue weighted by Gasteiger charge is 2.22. The minimum absolute atomic E-state index is 0.0101. The first-order valence-corrected chi connectivity index (χ1v) is 6.46. The van der Waals surface area contributed by atoms with Crippen LogP contribution in [0.25, 0.3) is 0 Å². The van der Waals surface area contributed by atoms with Crippen molar-refractivity contribution in [3.05, 3.63) is 11.9 Å². The molecule has 5 heteroatoms. The quantitative estimate of drug-likeness (QED) is 0.871. The fourth-order valence-electron chi connectivity index (χ4n) is 2.53. The Morgan fingerprint density at radius 2 is 2.41 bits per heavy atom. The second-order valence-corrected chi connectivity index (χ2v) is 4.73. The maximum atomic E-state index is 12.1. The number of rotatable bonds is 3. The predicted molar refractivity (Wildman–Crippen MR) is 64.5 cm³/mol. The molecule has 94 valence electrons. The summed E-state index contributed by atoms with van der Waals surface area (Å²) in [5.41, 5.74) is 0.430. The lowest BCUT2D eigenvalue weighted by molar-refractivity contribution is 0.0754. The van der Waals surface area contributed by atoms with Gasteiger partial charge in [0.15, 0.2) is 5.69 Å². The summed E-state index contributed by atoms with van der Waals surface area (Å²) in [6.45, 7) is 3.94. The summed E-state index contributed by atoms with van der Waals surface area (Å²) in [5, 5.41) is 10.0. The molecule has 0 aromatic carbocycles. The van der Waals surface area contributed by atoms with Crippen LogP contribution in [0.1, 0.15) is 49.5 Å². The lowest BCUT2D eigenvalue weighted by Crippen LogP contribution is -2.32. The molecular weight excluding hydrogens is 216 g/mol. The molecular formula is C12H20N4O. The van der Waals surface area contributed by atoms with E-state index in [9.17, 15) is 4.79 Å². The summed E-state index contributed by atoms with van der Waals surface area (Å²) in [4.78, 5) is 14.0. The van der Waals surface area contributed by atoms with Gasteiger partial charge in [-0.3, -0.25) is 4.79 Å². The predicted octanol–water partition coefficient (Wildman–Crippen LogP) is 1.85. The molecule has 2 heterocycles. The number of carbonyl (C=O) groups is 1. The summed E-state index contributed by atoms with van der Waals surface area (Å²) in [5.74, 6) is 0.797. The number of hydrogen-bond donors (Lipinski definition) is 1. The molecule has 1 saturated heterocycles. The second-order valence-electron chi connectivity index (χ2n) is 4.73. The Bertz CT molecular complexity index is 349. The first-order chi connectivity index (χ1) is 8.31. The molecule has 1 aromatic heterocycles. The molecule has 1 unspecified atom stereocenters. The molecule has 0 radical (unpaired) electrons. The van der Waals surface area contributed by atoms with Gasteiger partial charge in [-0.1, -0.05) is 19.8 Å². The standard InChI is InChI=1S/C12H20N4O/c1-2-4-10-5-3-7-16(8-6-10)12(17)11-9-13-15-14-11/h9-10H,2-8H2,1H3,(H,13,14,15). The first kappa shape index (κ1) is 12.1. The van der Waals surface area contributed by atoms with E-state index in [1.807, 2.05) is 4.90 Å². The third-order valence-corrected chi connectivity index (χ3v) is 3.47. The zero-order valence-electron chi connectivity index (χ0n) is 10.4. The number of amides is 1. The number of aromatic nitrogens is 3. The Hall–Kier alpha value is -1.39. The van der Waals surface area contributed by atoms with E-state index in [2.05, 4.69) is 22.3 Å². The van der Waals surface area contributed by atoms with Crippen LogP contribution in [-0.4, -0.2) is 39.3 Å². The molecule has 1 N–H and O–H groups in total. The SMILES string of the molecule is CCCC1CCCN(C(=O)c2cn[nH]n2)CC1. The normalized spacial score (nSPS) is 21.2. The third-order valence-electron chi connectivity index (χ3n) is 3.47. The number of aromatic amines is 1. The van der Waals surface area contributed by atoms with E-state index in [-0.39, 0.29) is 5.91 Å². The van der Waals surface area contributed by atoms with Gasteiger partial charge in [0.2, 0.25) is 0 Å². The van der Waals surface area contributed by atoms with Gasteiger partial charge in [0.05, 0.1) is 6.20 Å². The van der Waals surface area contributed by atoms with Gasteiger partial charge in [-0.25, -0.2) is 0 Å². The van der Waals surface area contributed by atoms with Crippen LogP contribution in [-0.2, 0) is 0 Å². The molecule has 1 fully saturated rings. The maximum Gasteiger partial charge on any atom is 0.276 e. The first-order valence-electron chi connectivity index (χ1n) is 6.46. The van der Waals surface area contributed by atoms with Crippen molar-refractivity contribution >= 4 is 5.91 Å². The molecule has 0 bridgehead atoms. The Kier molecular flexibility index (Phi) is 4.12. The molecule has 1 aliphatic heterocycles. The summed E-state index contributed by atoms with van der Waals surface area (Å²) in [6, 6.07) is 0. The zero-order chi connectivity index (χ0) is 12.1. The van der Waals surface area contributed by atoms with Gasteiger partial charge in [-0.2, -0.15) is 15.4 Å². The number of nitrogens with zero attached hydrogens (tertiary/aromatic N) is 3. The largest absolute Gasteiger partial charge is 0.337 e. The molecule has 1 atom stereocenters. The smallest absolute Gasteiger partial charge is 0.276 e. The molecule has 0 saturated carbocycles. The maximum absolute atomic E-state index is 12.1. The van der Waals surface area contributed by atoms with E-state index >= 15 is 0 Å². The van der Waals surface area contributed by atoms with Crippen molar-refractivity contribution in [3.63, 3.8) is 0 Å². The van der Waals surface area contributed by atoms with E-state index < -0.39 is 0 Å². The summed E-state index contributed by atoms with van der Waals surface area (Å²) >= 11 is 0. The summed E-state index contributed by atoms with van der Waals surface area (Å²) in [6.07, 6.45) is 7.49. The van der Waals surface area contributed by atoms with Crippen LogP contribution in [0.2, 0.25) is 0 Å². The molecule has 0 aliphatic carbocycles. The molecule has 1 aromatic rings. The van der Waals surface area contributed by atoms with E-state index in [0.717, 1.165) is 31.8 Å². The lowest BCUT2D eigenvalue weighted by atomic mass is 9.96. The van der Waals surface area contributed by atoms with Crippen LogP contribution in [0.15, 0.2) is 6.20 Å². The number of likely N-dealkylation sites (tertiary alicyclic amines) is 1. The average molecular weight is 236 g/mol. The van der Waals surface area contributed by atoms with Crippen LogP contribution >= 0.6 is 0 Å². The highest BCUT2D eigenvalue weighted by molar-refractivity contribution is 5.91. The van der Waals surface area contributed by atoms with E-state index in [4.69, 9.17) is 0 Å². The lowest BCUT2D eigenvalue weighted by Gasteiger charge is -2.19. The van der Waals surface area contributed by atoms with Crippen LogP contribution < -0.4 is 0 Å². The van der Waals surface area contributed by atoms with Crippen molar-refractivity contribution in [3.8, 4) is 0 Å². The number of nitrogens with one attached hydrogen (secondary N) is 1. The van der Waals surface area contributed by atoms with Crippen LogP contribution in [0.5, 0.6) is 0 Å². The Morgan fingerprint density at radius 3 is 3.12 bits per heavy atom. The Morgan fingerprint density at radius 1 is 1.53 bits per heavy atom. The monoisotopic (exact) mass is 236 g/mol. The molecule has 5 nitrogen and oxygen atoms in total. The van der Waals surface area contributed by atoms with Crippen LogP contribution in [0, 0.1) is 5.92 Å². The van der Waals surface area contributed by atoms with E-state index in [0.29, 0.717) is 5.69 Å². The summed E-state index contributed by atoms with van der Waals surface area (Å²) in [7, 11) is 0. The zero-order valence-corrected chi connectivity index (χ0v) is 10.4. The molecule has 2 rings (SSSR count). The summed E-state index contributed by atoms with van der Waals surface area (Å²) < 4.78 is 0. The minimum atomic E-state index is 0.0101. The van der Waals surface area contributed by atoms with Crippen molar-refractivity contribution in [2.75, 3.05) is 13.1 Å². The Balaban J connectivity index is 1.92. The highest BCUT2D eigenvalue weighted by atomic mass is 16.2. The van der Waals surface area contributed by atoms with Crippen LogP contribution in [0.3, 0.4) is 0 Å². The van der Waals surface area contributed by atoms with Gasteiger partial charge in [-0.05, 0) is 25.2 Å². The number of carbonyl (C=O) groups excluding carboxylic acids is 1. The van der Waals surface area contributed by atoms with Crippen molar-refractivity contribution in [2.24, 2.45) is 5.92 Å². The van der Waals surface area contributed by atoms with Gasteiger partial charge in [0, 0.05) is 13.1 Å². The minimum Gasteiger partial charge on any atom is -0.337 e. The van der Waals surface area contributed by atoms with Crippen molar-refractivity contribution in [1.82, 2.24) is 20.3 Å². The van der Waals surface area contributed by atoms with Crippen LogP contribution in [0.4, 0.5) is 0 Å². The average Bonchev–Trinajstić information content (AvgIpc) is 2.76. The molecule has 0 spiro atoms. The third kappa shape index (κ3) is 3.05. The van der Waals surface area contributed by atoms with Gasteiger partial charge in [0.25, 0.3) is 5.91 Å². The fraction of sp³-hybridized carbons (Fsp3) is 0.750. The molecule has 1 amide bonds. The second kappa shape index (κ2) is 5.80. The molecule has 17 heavy (non-hydrogen) atoms. The van der Waals surface area contributed by atoms with Crippen molar-refractivity contribution in [1.29, 1.82) is 0 Å². The van der Waals surface area contributed by atoms with Gasteiger partial charge in [0.1, 0.15) is 0 Å². The fourth-order valence-corrected chi connectivity index (χ4v) is 2.53. The van der Waals surface area contributed by atoms with Gasteiger partial charge in [-0.15, -0.1) is 0 Å². The van der Waals surface area contributed by atoms with Crippen molar-refractivity contribution in [2.45, 2.75) is 39.0 Å². The van der Waals surface area contributed by atoms with E-state index in [1.165, 1.54) is 25.5 Å².